The highest BCUT2D eigenvalue weighted by atomic mass is 35.5. The number of hydrogen-bond acceptors (Lipinski definition) is 4. The number of amides is 1. The lowest BCUT2D eigenvalue weighted by Gasteiger charge is -2.34. The fourth-order valence-electron chi connectivity index (χ4n) is 3.64. The third-order valence-corrected chi connectivity index (χ3v) is 7.61. The maximum atomic E-state index is 13.1. The molecule has 0 atom stereocenters. The fourth-order valence-corrected chi connectivity index (χ4v) is 5.31. The van der Waals surface area contributed by atoms with E-state index >= 15 is 0 Å². The molecule has 1 aliphatic rings. The first-order valence-electron chi connectivity index (χ1n) is 9.77. The average molecular weight is 500 g/mol. The Kier molecular flexibility index (Phi) is 5.97. The van der Waals surface area contributed by atoms with Gasteiger partial charge in [0.05, 0.1) is 15.5 Å². The number of halogens is 4. The molecule has 1 saturated heterocycles. The van der Waals surface area contributed by atoms with E-state index in [2.05, 4.69) is 4.98 Å². The SMILES string of the molecule is O=C(c1cc2ccccc2[nH]c1=O)N1CCN(S(=O)(=O)c2ccc(Cl)c(C(F)(F)F)c2)CC1. The molecular weight excluding hydrogens is 483 g/mol. The van der Waals surface area contributed by atoms with Crippen LogP contribution in [0, 0.1) is 0 Å². The van der Waals surface area contributed by atoms with E-state index < -0.39 is 43.1 Å². The van der Waals surface area contributed by atoms with E-state index in [0.717, 1.165) is 16.4 Å². The number of H-pyrrole nitrogens is 1. The first-order valence-corrected chi connectivity index (χ1v) is 11.6. The van der Waals surface area contributed by atoms with Crippen molar-refractivity contribution in [3.8, 4) is 0 Å². The molecule has 12 heteroatoms. The third kappa shape index (κ3) is 4.48. The summed E-state index contributed by atoms with van der Waals surface area (Å²) in [6.07, 6.45) is -4.80. The number of aromatic nitrogens is 1. The van der Waals surface area contributed by atoms with Crippen molar-refractivity contribution in [3.05, 3.63) is 75.0 Å². The summed E-state index contributed by atoms with van der Waals surface area (Å²) in [6, 6.07) is 10.8. The van der Waals surface area contributed by atoms with Crippen LogP contribution in [0.5, 0.6) is 0 Å². The molecule has 1 fully saturated rings. The molecule has 33 heavy (non-hydrogen) atoms. The Bertz CT molecular complexity index is 1400. The highest BCUT2D eigenvalue weighted by molar-refractivity contribution is 7.89. The maximum absolute atomic E-state index is 13.1. The normalized spacial score (nSPS) is 15.7. The van der Waals surface area contributed by atoms with E-state index in [1.807, 2.05) is 0 Å². The Morgan fingerprint density at radius 3 is 2.33 bits per heavy atom. The summed E-state index contributed by atoms with van der Waals surface area (Å²) in [5.74, 6) is -0.551. The minimum atomic E-state index is -4.80. The smallest absolute Gasteiger partial charge is 0.336 e. The van der Waals surface area contributed by atoms with Crippen LogP contribution in [0.3, 0.4) is 0 Å². The van der Waals surface area contributed by atoms with Gasteiger partial charge in [-0.2, -0.15) is 17.5 Å². The van der Waals surface area contributed by atoms with Crippen LogP contribution in [-0.2, 0) is 16.2 Å². The number of aromatic amines is 1. The lowest BCUT2D eigenvalue weighted by atomic mass is 10.1. The summed E-state index contributed by atoms with van der Waals surface area (Å²) < 4.78 is 66.1. The third-order valence-electron chi connectivity index (χ3n) is 5.39. The number of nitrogens with zero attached hydrogens (tertiary/aromatic N) is 2. The molecule has 1 aliphatic heterocycles. The van der Waals surface area contributed by atoms with Gasteiger partial charge in [0.15, 0.2) is 0 Å². The van der Waals surface area contributed by atoms with Crippen molar-refractivity contribution in [3.63, 3.8) is 0 Å². The Morgan fingerprint density at radius 1 is 1.00 bits per heavy atom. The molecule has 0 bridgehead atoms. The van der Waals surface area contributed by atoms with Gasteiger partial charge in [-0.05, 0) is 35.7 Å². The van der Waals surface area contributed by atoms with Crippen molar-refractivity contribution in [1.29, 1.82) is 0 Å². The lowest BCUT2D eigenvalue weighted by molar-refractivity contribution is -0.137. The zero-order chi connectivity index (χ0) is 24.0. The van der Waals surface area contributed by atoms with Crippen molar-refractivity contribution in [2.24, 2.45) is 0 Å². The highest BCUT2D eigenvalue weighted by Crippen LogP contribution is 2.36. The van der Waals surface area contributed by atoms with Crippen LogP contribution in [0.1, 0.15) is 15.9 Å². The molecule has 7 nitrogen and oxygen atoms in total. The van der Waals surface area contributed by atoms with Crippen molar-refractivity contribution in [2.45, 2.75) is 11.1 Å². The van der Waals surface area contributed by atoms with E-state index in [-0.39, 0.29) is 31.7 Å². The van der Waals surface area contributed by atoms with Crippen molar-refractivity contribution >= 4 is 38.4 Å². The molecule has 3 aromatic rings. The summed E-state index contributed by atoms with van der Waals surface area (Å²) in [7, 11) is -4.24. The number of piperazine rings is 1. The molecule has 2 heterocycles. The molecule has 2 aromatic carbocycles. The van der Waals surface area contributed by atoms with Gasteiger partial charge >= 0.3 is 6.18 Å². The number of rotatable bonds is 3. The van der Waals surface area contributed by atoms with E-state index in [9.17, 15) is 31.2 Å². The summed E-state index contributed by atoms with van der Waals surface area (Å²) in [5.41, 5.74) is -1.29. The summed E-state index contributed by atoms with van der Waals surface area (Å²) in [4.78, 5) is 28.7. The minimum absolute atomic E-state index is 0.0238. The molecule has 0 spiro atoms. The molecule has 1 amide bonds. The summed E-state index contributed by atoms with van der Waals surface area (Å²) in [5, 5.41) is 0.0716. The van der Waals surface area contributed by atoms with Crippen LogP contribution in [0.4, 0.5) is 13.2 Å². The Balaban J connectivity index is 1.53. The van der Waals surface area contributed by atoms with Crippen LogP contribution < -0.4 is 5.56 Å². The second kappa shape index (κ2) is 8.47. The summed E-state index contributed by atoms with van der Waals surface area (Å²) >= 11 is 5.58. The first-order chi connectivity index (χ1) is 15.5. The van der Waals surface area contributed by atoms with E-state index in [1.54, 1.807) is 24.3 Å². The minimum Gasteiger partial charge on any atom is -0.336 e. The van der Waals surface area contributed by atoms with Gasteiger partial charge in [-0.25, -0.2) is 8.42 Å². The molecule has 1 aromatic heterocycles. The Hall–Kier alpha value is -2.89. The zero-order valence-corrected chi connectivity index (χ0v) is 18.5. The van der Waals surface area contributed by atoms with Gasteiger partial charge in [0, 0.05) is 31.7 Å². The molecule has 1 N–H and O–H groups in total. The molecule has 0 radical (unpaired) electrons. The quantitative estimate of drug-likeness (QED) is 0.598. The van der Waals surface area contributed by atoms with Gasteiger partial charge < -0.3 is 9.88 Å². The van der Waals surface area contributed by atoms with Crippen molar-refractivity contribution in [2.75, 3.05) is 26.2 Å². The molecule has 0 unspecified atom stereocenters. The largest absolute Gasteiger partial charge is 0.417 e. The molecule has 174 valence electrons. The topological polar surface area (TPSA) is 90.6 Å². The Labute approximate surface area is 191 Å². The predicted octanol–water partition coefficient (Wildman–Crippen LogP) is 3.35. The molecule has 4 rings (SSSR count). The number of para-hydroxylation sites is 1. The van der Waals surface area contributed by atoms with E-state index in [4.69, 9.17) is 11.6 Å². The number of nitrogens with one attached hydrogen (secondary N) is 1. The van der Waals surface area contributed by atoms with Crippen LogP contribution in [0.15, 0.2) is 58.2 Å². The second-order valence-corrected chi connectivity index (χ2v) is 9.78. The lowest BCUT2D eigenvalue weighted by Crippen LogP contribution is -2.51. The second-order valence-electron chi connectivity index (χ2n) is 7.44. The number of pyridine rings is 1. The maximum Gasteiger partial charge on any atom is 0.417 e. The zero-order valence-electron chi connectivity index (χ0n) is 16.9. The van der Waals surface area contributed by atoms with Crippen molar-refractivity contribution in [1.82, 2.24) is 14.2 Å². The fraction of sp³-hybridized carbons (Fsp3) is 0.238. The standard InChI is InChI=1S/C21H17ClF3N3O4S/c22-17-6-5-14(12-16(17)21(23,24)25)33(31,32)28-9-7-27(8-10-28)20(30)15-11-13-3-1-2-4-18(13)26-19(15)29/h1-6,11-12H,7-10H2,(H,26,29). The van der Waals surface area contributed by atoms with Crippen LogP contribution in [-0.4, -0.2) is 54.7 Å². The number of hydrogen-bond donors (Lipinski definition) is 1. The van der Waals surface area contributed by atoms with Crippen LogP contribution >= 0.6 is 11.6 Å². The van der Waals surface area contributed by atoms with Gasteiger partial charge in [0.2, 0.25) is 10.0 Å². The monoisotopic (exact) mass is 499 g/mol. The summed E-state index contributed by atoms with van der Waals surface area (Å²) in [6.45, 7) is -0.318. The van der Waals surface area contributed by atoms with Crippen LogP contribution in [0.25, 0.3) is 10.9 Å². The van der Waals surface area contributed by atoms with Crippen molar-refractivity contribution < 1.29 is 26.4 Å². The highest BCUT2D eigenvalue weighted by Gasteiger charge is 2.36. The van der Waals surface area contributed by atoms with Gasteiger partial charge in [0.1, 0.15) is 5.56 Å². The van der Waals surface area contributed by atoms with Gasteiger partial charge in [-0.15, -0.1) is 0 Å². The molecule has 0 saturated carbocycles. The van der Waals surface area contributed by atoms with Gasteiger partial charge in [-0.1, -0.05) is 29.8 Å². The predicted molar refractivity (Wildman–Crippen MR) is 116 cm³/mol. The van der Waals surface area contributed by atoms with Gasteiger partial charge in [-0.3, -0.25) is 9.59 Å². The number of benzene rings is 2. The first kappa shape index (κ1) is 23.3. The number of carbonyl (C=O) groups excluding carboxylic acids is 1. The Morgan fingerprint density at radius 2 is 1.67 bits per heavy atom. The van der Waals surface area contributed by atoms with E-state index in [0.29, 0.717) is 17.0 Å². The number of alkyl halides is 3. The number of carbonyl (C=O) groups is 1. The van der Waals surface area contributed by atoms with Crippen LogP contribution in [0.2, 0.25) is 5.02 Å². The molecule has 0 aliphatic carbocycles. The molecular formula is C21H17ClF3N3O4S. The van der Waals surface area contributed by atoms with Gasteiger partial charge in [0.25, 0.3) is 11.5 Å². The number of sulfonamides is 1. The number of fused-ring (bicyclic) bond motifs is 1. The average Bonchev–Trinajstić information content (AvgIpc) is 2.77. The van der Waals surface area contributed by atoms with E-state index in [1.165, 1.54) is 11.0 Å².